The molecule has 138 valence electrons. The van der Waals surface area contributed by atoms with Crippen molar-refractivity contribution in [1.82, 2.24) is 0 Å². The molecule has 0 bridgehead atoms. The number of aryl methyl sites for hydroxylation is 1. The van der Waals surface area contributed by atoms with Crippen LogP contribution in [0.3, 0.4) is 0 Å². The molecule has 0 aliphatic carbocycles. The monoisotopic (exact) mass is 372 g/mol. The maximum absolute atomic E-state index is 12.3. The summed E-state index contributed by atoms with van der Waals surface area (Å²) in [6.07, 6.45) is 0.960. The largest absolute Gasteiger partial charge is 0.495 e. The lowest BCUT2D eigenvalue weighted by Crippen LogP contribution is -2.25. The highest BCUT2D eigenvalue weighted by molar-refractivity contribution is 8.01. The zero-order valence-corrected chi connectivity index (χ0v) is 16.1. The summed E-state index contributed by atoms with van der Waals surface area (Å²) in [6, 6.07) is 15.0. The molecule has 0 fully saturated rings. The number of carbonyl (C=O) groups is 2. The van der Waals surface area contributed by atoms with Crippen LogP contribution in [0.15, 0.2) is 48.5 Å². The van der Waals surface area contributed by atoms with Gasteiger partial charge in [-0.15, -0.1) is 11.8 Å². The lowest BCUT2D eigenvalue weighted by molar-refractivity contribution is -0.115. The van der Waals surface area contributed by atoms with E-state index in [2.05, 4.69) is 17.6 Å². The van der Waals surface area contributed by atoms with Gasteiger partial charge in [-0.3, -0.25) is 9.59 Å². The summed E-state index contributed by atoms with van der Waals surface area (Å²) in [7, 11) is 1.55. The van der Waals surface area contributed by atoms with E-state index in [0.717, 1.165) is 12.1 Å². The Labute approximate surface area is 158 Å². The summed E-state index contributed by atoms with van der Waals surface area (Å²) in [5, 5.41) is 5.33. The Bertz CT molecular complexity index is 747. The van der Waals surface area contributed by atoms with Gasteiger partial charge in [-0.2, -0.15) is 0 Å². The fraction of sp³-hybridized carbons (Fsp3) is 0.300. The van der Waals surface area contributed by atoms with Crippen LogP contribution in [0.2, 0.25) is 0 Å². The van der Waals surface area contributed by atoms with Crippen LogP contribution < -0.4 is 15.4 Å². The summed E-state index contributed by atoms with van der Waals surface area (Å²) in [6.45, 7) is 3.87. The number of rotatable bonds is 8. The third-order valence-corrected chi connectivity index (χ3v) is 4.99. The summed E-state index contributed by atoms with van der Waals surface area (Å²) in [5.41, 5.74) is 2.60. The SMILES string of the molecule is CCc1ccc(NC(=O)[C@@H](C)SCC(=O)Nc2ccccc2OC)cc1. The molecular weight excluding hydrogens is 348 g/mol. The van der Waals surface area contributed by atoms with E-state index in [9.17, 15) is 9.59 Å². The van der Waals surface area contributed by atoms with Crippen molar-refractivity contribution in [3.63, 3.8) is 0 Å². The minimum atomic E-state index is -0.343. The number of methoxy groups -OCH3 is 1. The lowest BCUT2D eigenvalue weighted by Gasteiger charge is -2.13. The maximum atomic E-state index is 12.3. The van der Waals surface area contributed by atoms with Crippen molar-refractivity contribution in [1.29, 1.82) is 0 Å². The van der Waals surface area contributed by atoms with E-state index in [1.807, 2.05) is 36.4 Å². The second-order valence-electron chi connectivity index (χ2n) is 5.74. The van der Waals surface area contributed by atoms with Crippen LogP contribution in [-0.2, 0) is 16.0 Å². The van der Waals surface area contributed by atoms with Crippen molar-refractivity contribution in [3.05, 3.63) is 54.1 Å². The van der Waals surface area contributed by atoms with Crippen LogP contribution in [0, 0.1) is 0 Å². The van der Waals surface area contributed by atoms with Crippen LogP contribution in [0.1, 0.15) is 19.4 Å². The molecule has 0 saturated carbocycles. The number of thioether (sulfide) groups is 1. The first-order valence-corrected chi connectivity index (χ1v) is 9.52. The van der Waals surface area contributed by atoms with E-state index >= 15 is 0 Å². The molecule has 0 saturated heterocycles. The Balaban J connectivity index is 1.81. The van der Waals surface area contributed by atoms with Gasteiger partial charge in [0.05, 0.1) is 23.8 Å². The van der Waals surface area contributed by atoms with Gasteiger partial charge in [0, 0.05) is 5.69 Å². The van der Waals surface area contributed by atoms with Gasteiger partial charge in [0.1, 0.15) is 5.75 Å². The Hall–Kier alpha value is -2.47. The van der Waals surface area contributed by atoms with Gasteiger partial charge in [0.2, 0.25) is 11.8 Å². The Morgan fingerprint density at radius 3 is 2.42 bits per heavy atom. The molecule has 0 heterocycles. The molecule has 2 aromatic rings. The van der Waals surface area contributed by atoms with Crippen LogP contribution in [-0.4, -0.2) is 29.9 Å². The molecule has 5 nitrogen and oxygen atoms in total. The van der Waals surface area contributed by atoms with E-state index in [4.69, 9.17) is 4.74 Å². The van der Waals surface area contributed by atoms with Gasteiger partial charge in [-0.1, -0.05) is 31.2 Å². The van der Waals surface area contributed by atoms with Gasteiger partial charge >= 0.3 is 0 Å². The van der Waals surface area contributed by atoms with Crippen molar-refractivity contribution >= 4 is 35.0 Å². The molecule has 0 aliphatic heterocycles. The van der Waals surface area contributed by atoms with Crippen molar-refractivity contribution in [2.45, 2.75) is 25.5 Å². The molecule has 0 radical (unpaired) electrons. The van der Waals surface area contributed by atoms with E-state index in [1.165, 1.54) is 17.3 Å². The number of hydrogen-bond donors (Lipinski definition) is 2. The van der Waals surface area contributed by atoms with E-state index < -0.39 is 0 Å². The van der Waals surface area contributed by atoms with E-state index in [-0.39, 0.29) is 22.8 Å². The summed E-state index contributed by atoms with van der Waals surface area (Å²) in [5.74, 6) is 0.490. The Morgan fingerprint density at radius 2 is 1.77 bits per heavy atom. The molecule has 1 atom stereocenters. The minimum Gasteiger partial charge on any atom is -0.495 e. The topological polar surface area (TPSA) is 67.4 Å². The molecule has 0 aromatic heterocycles. The number of ether oxygens (including phenoxy) is 1. The summed E-state index contributed by atoms with van der Waals surface area (Å²) < 4.78 is 5.21. The second kappa shape index (κ2) is 9.87. The molecule has 2 N–H and O–H groups in total. The first kappa shape index (κ1) is 19.8. The van der Waals surface area contributed by atoms with Crippen LogP contribution in [0.5, 0.6) is 5.75 Å². The van der Waals surface area contributed by atoms with Crippen LogP contribution in [0.4, 0.5) is 11.4 Å². The van der Waals surface area contributed by atoms with Gasteiger partial charge in [0.15, 0.2) is 0 Å². The first-order chi connectivity index (χ1) is 12.5. The molecule has 2 amide bonds. The maximum Gasteiger partial charge on any atom is 0.237 e. The lowest BCUT2D eigenvalue weighted by atomic mass is 10.1. The zero-order chi connectivity index (χ0) is 18.9. The second-order valence-corrected chi connectivity index (χ2v) is 7.07. The number of amides is 2. The number of anilines is 2. The van der Waals surface area contributed by atoms with Crippen molar-refractivity contribution < 1.29 is 14.3 Å². The van der Waals surface area contributed by atoms with Crippen LogP contribution in [0.25, 0.3) is 0 Å². The van der Waals surface area contributed by atoms with Gasteiger partial charge in [-0.05, 0) is 43.2 Å². The number of hydrogen-bond acceptors (Lipinski definition) is 4. The van der Waals surface area contributed by atoms with Crippen molar-refractivity contribution in [2.75, 3.05) is 23.5 Å². The number of benzene rings is 2. The van der Waals surface area contributed by atoms with Crippen molar-refractivity contribution in [3.8, 4) is 5.75 Å². The smallest absolute Gasteiger partial charge is 0.237 e. The van der Waals surface area contributed by atoms with Gasteiger partial charge < -0.3 is 15.4 Å². The van der Waals surface area contributed by atoms with Crippen molar-refractivity contribution in [2.24, 2.45) is 0 Å². The van der Waals surface area contributed by atoms with E-state index in [0.29, 0.717) is 11.4 Å². The highest BCUT2D eigenvalue weighted by Gasteiger charge is 2.16. The molecule has 26 heavy (non-hydrogen) atoms. The highest BCUT2D eigenvalue weighted by Crippen LogP contribution is 2.23. The number of carbonyl (C=O) groups excluding carboxylic acids is 2. The molecular formula is C20H24N2O3S. The predicted octanol–water partition coefficient (Wildman–Crippen LogP) is 3.96. The summed E-state index contributed by atoms with van der Waals surface area (Å²) in [4.78, 5) is 24.4. The van der Waals surface area contributed by atoms with Gasteiger partial charge in [0.25, 0.3) is 0 Å². The summed E-state index contributed by atoms with van der Waals surface area (Å²) >= 11 is 1.29. The number of nitrogens with one attached hydrogen (secondary N) is 2. The Kier molecular flexibility index (Phi) is 7.53. The minimum absolute atomic E-state index is 0.121. The number of para-hydroxylation sites is 2. The Morgan fingerprint density at radius 1 is 1.08 bits per heavy atom. The van der Waals surface area contributed by atoms with Gasteiger partial charge in [-0.25, -0.2) is 0 Å². The molecule has 6 heteroatoms. The van der Waals surface area contributed by atoms with Crippen LogP contribution >= 0.6 is 11.8 Å². The fourth-order valence-electron chi connectivity index (χ4n) is 2.28. The average molecular weight is 372 g/mol. The predicted molar refractivity (Wildman–Crippen MR) is 108 cm³/mol. The normalized spacial score (nSPS) is 11.5. The molecule has 2 aromatic carbocycles. The first-order valence-electron chi connectivity index (χ1n) is 8.47. The molecule has 0 unspecified atom stereocenters. The fourth-order valence-corrected chi connectivity index (χ4v) is 2.96. The van der Waals surface area contributed by atoms with E-state index in [1.54, 1.807) is 26.2 Å². The molecule has 2 rings (SSSR count). The average Bonchev–Trinajstić information content (AvgIpc) is 2.67. The third-order valence-electron chi connectivity index (χ3n) is 3.84. The molecule has 0 aliphatic rings. The quantitative estimate of drug-likeness (QED) is 0.736. The standard InChI is InChI=1S/C20H24N2O3S/c1-4-15-9-11-16(12-10-15)21-20(24)14(2)26-13-19(23)22-17-7-5-6-8-18(17)25-3/h5-12,14H,4,13H2,1-3H3,(H,21,24)(H,22,23)/t14-/m1/s1. The third kappa shape index (κ3) is 5.81. The molecule has 0 spiro atoms. The highest BCUT2D eigenvalue weighted by atomic mass is 32.2. The zero-order valence-electron chi connectivity index (χ0n) is 15.2.